The van der Waals surface area contributed by atoms with Crippen LogP contribution in [0.4, 0.5) is 17.1 Å². The van der Waals surface area contributed by atoms with Crippen molar-refractivity contribution in [2.75, 3.05) is 28.7 Å². The van der Waals surface area contributed by atoms with Gasteiger partial charge in [-0.1, -0.05) is 30.3 Å². The smallest absolute Gasteiger partial charge is 0.262 e. The summed E-state index contributed by atoms with van der Waals surface area (Å²) in [6.07, 6.45) is 1.01. The van der Waals surface area contributed by atoms with Crippen LogP contribution >= 0.6 is 0 Å². The highest BCUT2D eigenvalue weighted by Gasteiger charge is 2.36. The van der Waals surface area contributed by atoms with Crippen LogP contribution in [0.25, 0.3) is 11.1 Å². The van der Waals surface area contributed by atoms with Crippen molar-refractivity contribution in [2.24, 2.45) is 5.92 Å². The number of ether oxygens (including phenoxy) is 1. The highest BCUT2D eigenvalue weighted by Crippen LogP contribution is 2.39. The molecule has 0 aromatic heterocycles. The minimum absolute atomic E-state index is 0.0203. The Kier molecular flexibility index (Phi) is 4.43. The maximum Gasteiger partial charge on any atom is 0.262 e. The van der Waals surface area contributed by atoms with E-state index in [0.717, 1.165) is 12.1 Å². The molecular weight excluding hydrogens is 418 g/mol. The zero-order valence-electron chi connectivity index (χ0n) is 17.8. The fraction of sp³-hybridized carbons (Fsp3) is 0.192. The molecule has 1 fully saturated rings. The number of carbonyl (C=O) groups is 3. The monoisotopic (exact) mass is 439 g/mol. The van der Waals surface area contributed by atoms with Crippen molar-refractivity contribution in [2.45, 2.75) is 12.8 Å². The third-order valence-electron chi connectivity index (χ3n) is 6.46. The van der Waals surface area contributed by atoms with E-state index >= 15 is 0 Å². The molecule has 0 saturated carbocycles. The summed E-state index contributed by atoms with van der Waals surface area (Å²) >= 11 is 0. The predicted molar refractivity (Wildman–Crippen MR) is 124 cm³/mol. The van der Waals surface area contributed by atoms with E-state index in [9.17, 15) is 14.4 Å². The quantitative estimate of drug-likeness (QED) is 0.511. The molecule has 7 nitrogen and oxygen atoms in total. The zero-order valence-corrected chi connectivity index (χ0v) is 17.8. The van der Waals surface area contributed by atoms with Gasteiger partial charge in [0.1, 0.15) is 5.75 Å². The number of rotatable bonds is 3. The van der Waals surface area contributed by atoms with E-state index in [1.165, 1.54) is 22.3 Å². The van der Waals surface area contributed by atoms with E-state index in [-0.39, 0.29) is 30.7 Å². The Labute approximate surface area is 190 Å². The van der Waals surface area contributed by atoms with Gasteiger partial charge in [-0.2, -0.15) is 0 Å². The summed E-state index contributed by atoms with van der Waals surface area (Å²) in [6, 6.07) is 19.5. The van der Waals surface area contributed by atoms with E-state index in [1.807, 2.05) is 18.2 Å². The Morgan fingerprint density at radius 1 is 1.00 bits per heavy atom. The fourth-order valence-corrected chi connectivity index (χ4v) is 4.84. The zero-order chi connectivity index (χ0) is 22.5. The number of hydrogen-bond donors (Lipinski definition) is 2. The largest absolute Gasteiger partial charge is 0.482 e. The van der Waals surface area contributed by atoms with Crippen molar-refractivity contribution in [1.82, 2.24) is 0 Å². The van der Waals surface area contributed by atoms with Gasteiger partial charge >= 0.3 is 0 Å². The summed E-state index contributed by atoms with van der Waals surface area (Å²) in [5, 5.41) is 5.60. The molecule has 3 aromatic carbocycles. The van der Waals surface area contributed by atoms with E-state index in [0.29, 0.717) is 23.7 Å². The van der Waals surface area contributed by atoms with Crippen LogP contribution in [0.1, 0.15) is 17.5 Å². The van der Waals surface area contributed by atoms with Crippen molar-refractivity contribution in [3.63, 3.8) is 0 Å². The Balaban J connectivity index is 1.17. The minimum Gasteiger partial charge on any atom is -0.482 e. The van der Waals surface area contributed by atoms with Crippen molar-refractivity contribution in [1.29, 1.82) is 0 Å². The third-order valence-corrected chi connectivity index (χ3v) is 6.46. The van der Waals surface area contributed by atoms with Crippen LogP contribution in [-0.4, -0.2) is 30.9 Å². The van der Waals surface area contributed by atoms with Gasteiger partial charge in [0.05, 0.1) is 11.6 Å². The highest BCUT2D eigenvalue weighted by atomic mass is 16.5. The molecule has 0 radical (unpaired) electrons. The lowest BCUT2D eigenvalue weighted by atomic mass is 10.1. The molecule has 2 aliphatic heterocycles. The molecule has 3 amide bonds. The Bertz CT molecular complexity index is 1330. The Morgan fingerprint density at radius 3 is 2.76 bits per heavy atom. The number of amides is 3. The van der Waals surface area contributed by atoms with Gasteiger partial charge < -0.3 is 20.3 Å². The number of carbonyl (C=O) groups excluding carboxylic acids is 3. The highest BCUT2D eigenvalue weighted by molar-refractivity contribution is 6.04. The van der Waals surface area contributed by atoms with Crippen LogP contribution in [-0.2, 0) is 20.8 Å². The lowest BCUT2D eigenvalue weighted by molar-refractivity contribution is -0.122. The van der Waals surface area contributed by atoms with E-state index < -0.39 is 5.92 Å². The van der Waals surface area contributed by atoms with Gasteiger partial charge in [-0.3, -0.25) is 14.4 Å². The van der Waals surface area contributed by atoms with Gasteiger partial charge in [-0.15, -0.1) is 0 Å². The number of nitrogens with one attached hydrogen (secondary N) is 2. The van der Waals surface area contributed by atoms with E-state index in [4.69, 9.17) is 4.74 Å². The van der Waals surface area contributed by atoms with Crippen LogP contribution in [0.2, 0.25) is 0 Å². The van der Waals surface area contributed by atoms with Crippen LogP contribution < -0.4 is 20.3 Å². The first-order valence-corrected chi connectivity index (χ1v) is 10.9. The lowest BCUT2D eigenvalue weighted by Gasteiger charge is -2.19. The topological polar surface area (TPSA) is 87.7 Å². The summed E-state index contributed by atoms with van der Waals surface area (Å²) in [5.41, 5.74) is 6.84. The molecule has 1 atom stereocenters. The molecule has 3 aromatic rings. The molecule has 2 heterocycles. The van der Waals surface area contributed by atoms with Crippen LogP contribution in [0.3, 0.4) is 0 Å². The summed E-state index contributed by atoms with van der Waals surface area (Å²) in [6.45, 7) is 0.314. The number of nitrogens with zero attached hydrogens (tertiary/aromatic N) is 1. The number of hydrogen-bond acceptors (Lipinski definition) is 4. The summed E-state index contributed by atoms with van der Waals surface area (Å²) in [5.74, 6) is -0.405. The summed E-state index contributed by atoms with van der Waals surface area (Å²) < 4.78 is 5.35. The summed E-state index contributed by atoms with van der Waals surface area (Å²) in [7, 11) is 0. The molecule has 1 unspecified atom stereocenters. The normalized spacial score (nSPS) is 18.2. The molecule has 2 N–H and O–H groups in total. The first-order valence-electron chi connectivity index (χ1n) is 10.9. The van der Waals surface area contributed by atoms with Crippen molar-refractivity contribution in [3.05, 3.63) is 71.8 Å². The number of anilines is 3. The average Bonchev–Trinajstić information content (AvgIpc) is 3.38. The fourth-order valence-electron chi connectivity index (χ4n) is 4.84. The van der Waals surface area contributed by atoms with Crippen molar-refractivity contribution < 1.29 is 19.1 Å². The lowest BCUT2D eigenvalue weighted by Crippen LogP contribution is -2.28. The molecule has 1 aliphatic carbocycles. The average molecular weight is 439 g/mol. The van der Waals surface area contributed by atoms with Gasteiger partial charge in [-0.05, 0) is 59.0 Å². The molecule has 1 saturated heterocycles. The number of fused-ring (bicyclic) bond motifs is 4. The first kappa shape index (κ1) is 19.5. The molecule has 0 bridgehead atoms. The van der Waals surface area contributed by atoms with Crippen molar-refractivity contribution >= 4 is 34.8 Å². The Morgan fingerprint density at radius 2 is 1.85 bits per heavy atom. The van der Waals surface area contributed by atoms with Crippen LogP contribution in [0.5, 0.6) is 5.75 Å². The van der Waals surface area contributed by atoms with E-state index in [1.54, 1.807) is 23.1 Å². The molecule has 33 heavy (non-hydrogen) atoms. The molecule has 0 spiro atoms. The molecule has 6 rings (SSSR count). The maximum absolute atomic E-state index is 12.9. The van der Waals surface area contributed by atoms with Gasteiger partial charge in [0.2, 0.25) is 11.8 Å². The molecular formula is C26H21N3O4. The summed E-state index contributed by atoms with van der Waals surface area (Å²) in [4.78, 5) is 38.9. The molecule has 164 valence electrons. The van der Waals surface area contributed by atoms with Gasteiger partial charge in [0.15, 0.2) is 6.61 Å². The molecule has 3 aliphatic rings. The Hall–Kier alpha value is -4.13. The van der Waals surface area contributed by atoms with Crippen molar-refractivity contribution in [3.8, 4) is 16.9 Å². The minimum atomic E-state index is -0.454. The standard InChI is InChI=1S/C26H21N3O4/c30-24-14-33-23-8-5-18(12-22(23)28-24)27-26(32)17-11-25(31)29(13-17)19-6-7-21-16(10-19)9-15-3-1-2-4-20(15)21/h1-8,10,12,17H,9,11,13-14H2,(H,27,32)(H,28,30). The maximum atomic E-state index is 12.9. The predicted octanol–water partition coefficient (Wildman–Crippen LogP) is 3.58. The molecule has 7 heteroatoms. The number of benzene rings is 3. The van der Waals surface area contributed by atoms with Gasteiger partial charge in [0, 0.05) is 24.3 Å². The second-order valence-electron chi connectivity index (χ2n) is 8.62. The first-order chi connectivity index (χ1) is 16.0. The van der Waals surface area contributed by atoms with Crippen LogP contribution in [0, 0.1) is 5.92 Å². The third kappa shape index (κ3) is 3.42. The van der Waals surface area contributed by atoms with E-state index in [2.05, 4.69) is 34.9 Å². The second-order valence-corrected chi connectivity index (χ2v) is 8.62. The van der Waals surface area contributed by atoms with Crippen LogP contribution in [0.15, 0.2) is 60.7 Å². The van der Waals surface area contributed by atoms with Gasteiger partial charge in [0.25, 0.3) is 5.91 Å². The second kappa shape index (κ2) is 7.48. The SMILES string of the molecule is O=C1COc2ccc(NC(=O)C3CC(=O)N(c4ccc5c(c4)Cc4ccccc4-5)C3)cc2N1. The van der Waals surface area contributed by atoms with Gasteiger partial charge in [-0.25, -0.2) is 0 Å².